The van der Waals surface area contributed by atoms with E-state index < -0.39 is 83.6 Å². The van der Waals surface area contributed by atoms with Gasteiger partial charge in [0.2, 0.25) is 47.3 Å². The number of aliphatic hydroxyl groups is 1. The normalized spacial score (nSPS) is 13.9. The zero-order valence-corrected chi connectivity index (χ0v) is 41.6. The van der Waals surface area contributed by atoms with E-state index in [4.69, 9.17) is 22.9 Å². The number of guanidine groups is 1. The lowest BCUT2D eigenvalue weighted by Crippen LogP contribution is -2.78. The van der Waals surface area contributed by atoms with Crippen molar-refractivity contribution in [2.75, 3.05) is 13.1 Å². The average Bonchev–Trinajstić information content (AvgIpc) is 3.75. The van der Waals surface area contributed by atoms with E-state index in [0.29, 0.717) is 37.7 Å². The molecule has 7 atom stereocenters. The molecule has 1 heterocycles. The van der Waals surface area contributed by atoms with Gasteiger partial charge >= 0.3 is 5.96 Å². The van der Waals surface area contributed by atoms with Crippen LogP contribution in [0.1, 0.15) is 108 Å². The molecule has 17 N–H and O–H groups in total. The number of nitrogens with one attached hydrogen (secondary N) is 8. The van der Waals surface area contributed by atoms with Crippen molar-refractivity contribution in [1.29, 1.82) is 0 Å². The minimum Gasteiger partial charge on any atom is -0.393 e. The first-order valence-electron chi connectivity index (χ1n) is 24.8. The largest absolute Gasteiger partial charge is 0.393 e. The smallest absolute Gasteiger partial charge is 0.338 e. The molecule has 4 unspecified atom stereocenters. The number of primary amides is 2. The molecule has 0 bridgehead atoms. The Labute approximate surface area is 421 Å². The van der Waals surface area contributed by atoms with Crippen molar-refractivity contribution in [2.45, 2.75) is 146 Å². The Morgan fingerprint density at radius 3 is 1.93 bits per heavy atom. The Bertz CT molecular complexity index is 2280. The molecule has 3 rings (SSSR count). The van der Waals surface area contributed by atoms with Gasteiger partial charge in [-0.25, -0.2) is 0 Å². The van der Waals surface area contributed by atoms with Crippen LogP contribution in [0.3, 0.4) is 0 Å². The minimum atomic E-state index is -1.30. The van der Waals surface area contributed by atoms with Crippen molar-refractivity contribution in [3.63, 3.8) is 0 Å². The van der Waals surface area contributed by atoms with E-state index in [9.17, 15) is 43.5 Å². The third-order valence-electron chi connectivity index (χ3n) is 12.0. The molecule has 0 aliphatic carbocycles. The van der Waals surface area contributed by atoms with E-state index in [1.807, 2.05) is 44.2 Å². The summed E-state index contributed by atoms with van der Waals surface area (Å²) in [5, 5.41) is 27.7. The van der Waals surface area contributed by atoms with Crippen LogP contribution in [0.5, 0.6) is 0 Å². The van der Waals surface area contributed by atoms with Gasteiger partial charge in [-0.15, -0.1) is 6.58 Å². The quantitative estimate of drug-likeness (QED) is 0.0148. The number of carbonyl (C=O) groups excluding carboxylic acids is 8. The molecular formula is C51H77N12O9+. The lowest BCUT2D eigenvalue weighted by Gasteiger charge is -2.27. The number of benzene rings is 2. The number of carbonyl (C=O) groups is 8. The SMILES string of the molecule is C=CCC(O)CC(CCC)C(=O)N[C@H](Cc1ccccc1)C(=O)N[C@@H](CCC[NH+]=C(N)N)C(=O)NC(Cc1c[nH]c2ccccc12)C(=O)N[C@@H](CCCCNC(=O)CC(NC(=O)CCCC)C(N)=O)C(N)=O. The molecule has 21 heteroatoms. The Kier molecular flexibility index (Phi) is 26.1. The van der Waals surface area contributed by atoms with Gasteiger partial charge in [-0.05, 0) is 75.0 Å². The maximum atomic E-state index is 14.5. The lowest BCUT2D eigenvalue weighted by atomic mass is 9.93. The van der Waals surface area contributed by atoms with Crippen molar-refractivity contribution in [3.8, 4) is 0 Å². The van der Waals surface area contributed by atoms with Gasteiger partial charge in [0.15, 0.2) is 0 Å². The first-order chi connectivity index (χ1) is 34.4. The summed E-state index contributed by atoms with van der Waals surface area (Å²) in [7, 11) is 0. The molecular weight excluding hydrogens is 925 g/mol. The molecule has 0 fully saturated rings. The first-order valence-corrected chi connectivity index (χ1v) is 24.8. The zero-order valence-electron chi connectivity index (χ0n) is 41.6. The number of aromatic amines is 1. The van der Waals surface area contributed by atoms with Gasteiger partial charge in [0, 0.05) is 48.8 Å². The maximum absolute atomic E-state index is 14.5. The molecule has 72 heavy (non-hydrogen) atoms. The molecule has 1 aromatic heterocycles. The van der Waals surface area contributed by atoms with Crippen molar-refractivity contribution in [3.05, 3.63) is 84.6 Å². The van der Waals surface area contributed by atoms with Gasteiger partial charge in [-0.1, -0.05) is 81.3 Å². The number of aliphatic hydroxyl groups excluding tert-OH is 1. The van der Waals surface area contributed by atoms with Gasteiger partial charge in [-0.3, -0.25) is 54.8 Å². The summed E-state index contributed by atoms with van der Waals surface area (Å²) in [6.45, 7) is 7.88. The summed E-state index contributed by atoms with van der Waals surface area (Å²) < 4.78 is 0. The molecule has 0 saturated heterocycles. The molecule has 8 amide bonds. The van der Waals surface area contributed by atoms with Crippen molar-refractivity contribution >= 4 is 64.1 Å². The van der Waals surface area contributed by atoms with Crippen LogP contribution >= 0.6 is 0 Å². The van der Waals surface area contributed by atoms with Crippen LogP contribution in [0, 0.1) is 5.92 Å². The van der Waals surface area contributed by atoms with Gasteiger partial charge in [-0.2, -0.15) is 0 Å². The fraction of sp³-hybridized carbons (Fsp3) is 0.510. The van der Waals surface area contributed by atoms with Crippen LogP contribution in [0.2, 0.25) is 0 Å². The number of amides is 8. The van der Waals surface area contributed by atoms with Gasteiger partial charge < -0.3 is 53.5 Å². The van der Waals surface area contributed by atoms with Crippen molar-refractivity contribution in [1.82, 2.24) is 36.9 Å². The van der Waals surface area contributed by atoms with Crippen LogP contribution < -0.4 is 59.8 Å². The van der Waals surface area contributed by atoms with Crippen LogP contribution in [0.4, 0.5) is 0 Å². The van der Waals surface area contributed by atoms with Gasteiger partial charge in [0.1, 0.15) is 30.2 Å². The number of para-hydroxylation sites is 1. The summed E-state index contributed by atoms with van der Waals surface area (Å²) in [6.07, 6.45) is 6.29. The Balaban J connectivity index is 1.85. The predicted octanol–water partition coefficient (Wildman–Crippen LogP) is -0.908. The number of hydrogen-bond donors (Lipinski definition) is 13. The Hall–Kier alpha value is -7.29. The predicted molar refractivity (Wildman–Crippen MR) is 273 cm³/mol. The van der Waals surface area contributed by atoms with Crippen molar-refractivity contribution < 1.29 is 48.5 Å². The van der Waals surface area contributed by atoms with Crippen molar-refractivity contribution in [2.24, 2.45) is 28.9 Å². The van der Waals surface area contributed by atoms with Gasteiger partial charge in [0.25, 0.3) is 0 Å². The molecule has 0 aliphatic rings. The highest BCUT2D eigenvalue weighted by atomic mass is 16.3. The molecule has 0 saturated carbocycles. The summed E-state index contributed by atoms with van der Waals surface area (Å²) >= 11 is 0. The van der Waals surface area contributed by atoms with E-state index >= 15 is 0 Å². The number of fused-ring (bicyclic) bond motifs is 1. The average molecular weight is 1000 g/mol. The minimum absolute atomic E-state index is 0.0364. The van der Waals surface area contributed by atoms with E-state index in [1.165, 1.54) is 0 Å². The number of aromatic nitrogens is 1. The summed E-state index contributed by atoms with van der Waals surface area (Å²) in [5.74, 6) is -5.84. The number of H-pyrrole nitrogens is 1. The molecule has 2 aromatic carbocycles. The molecule has 394 valence electrons. The fourth-order valence-electron chi connectivity index (χ4n) is 8.10. The molecule has 21 nitrogen and oxygen atoms in total. The monoisotopic (exact) mass is 1000 g/mol. The fourth-order valence-corrected chi connectivity index (χ4v) is 8.10. The topological polar surface area (TPSA) is 363 Å². The number of hydrogen-bond acceptors (Lipinski definition) is 9. The second-order valence-corrected chi connectivity index (χ2v) is 18.0. The number of unbranched alkanes of at least 4 members (excludes halogenated alkanes) is 2. The van der Waals surface area contributed by atoms with Crippen LogP contribution in [-0.2, 0) is 51.2 Å². The molecule has 0 spiro atoms. The van der Waals surface area contributed by atoms with E-state index in [1.54, 1.807) is 36.5 Å². The Morgan fingerprint density at radius 1 is 0.667 bits per heavy atom. The van der Waals surface area contributed by atoms with E-state index in [-0.39, 0.29) is 82.7 Å². The first kappa shape index (κ1) is 59.0. The zero-order chi connectivity index (χ0) is 53.0. The summed E-state index contributed by atoms with van der Waals surface area (Å²) in [4.78, 5) is 113. The third kappa shape index (κ3) is 21.4. The van der Waals surface area contributed by atoms with E-state index in [2.05, 4.69) is 48.5 Å². The number of rotatable bonds is 35. The van der Waals surface area contributed by atoms with Crippen LogP contribution in [0.25, 0.3) is 10.9 Å². The highest BCUT2D eigenvalue weighted by Crippen LogP contribution is 2.20. The second kappa shape index (κ2) is 31.8. The lowest BCUT2D eigenvalue weighted by molar-refractivity contribution is -0.459. The third-order valence-corrected chi connectivity index (χ3v) is 12.0. The van der Waals surface area contributed by atoms with Crippen LogP contribution in [-0.4, -0.2) is 113 Å². The second-order valence-electron chi connectivity index (χ2n) is 18.0. The highest BCUT2D eigenvalue weighted by molar-refractivity contribution is 5.96. The standard InChI is InChI=1S/C51H76N12O9/c1-4-7-24-43(65)59-40(46(53)68)30-44(66)56-25-14-13-22-38(45(52)67)60-50(72)42(29-34-31-58-37-21-12-11-20-36(34)37)63-48(70)39(23-15-26-57-51(54)55)61-49(71)41(27-32-18-9-8-10-19-32)62-47(69)33(16-5-2)28-35(64)17-6-3/h6,8-12,18-21,31,33,35,38-42,58,64H,3-5,7,13-17,22-30H2,1-2H3,(H2,52,67)(H2,53,68)(H,56,66)(H,59,65)(H,60,72)(H,61,71)(H,62,69)(H,63,70)(H4,54,55,57)/p+1/t33?,35?,38-,39-,40?,41+,42?/m0/s1. The van der Waals surface area contributed by atoms with Crippen LogP contribution in [0.15, 0.2) is 73.4 Å². The molecule has 0 radical (unpaired) electrons. The molecule has 3 aromatic rings. The highest BCUT2D eigenvalue weighted by Gasteiger charge is 2.33. The Morgan fingerprint density at radius 2 is 1.28 bits per heavy atom. The summed E-state index contributed by atoms with van der Waals surface area (Å²) in [6, 6.07) is 10.3. The maximum Gasteiger partial charge on any atom is 0.338 e. The van der Waals surface area contributed by atoms with Gasteiger partial charge in [0.05, 0.1) is 19.1 Å². The number of nitrogens with two attached hydrogens (primary N) is 4. The van der Waals surface area contributed by atoms with E-state index in [0.717, 1.165) is 22.9 Å². The summed E-state index contributed by atoms with van der Waals surface area (Å²) in [5.41, 5.74) is 24.6. The molecule has 0 aliphatic heterocycles.